The van der Waals surface area contributed by atoms with E-state index in [9.17, 15) is 14.3 Å². The molecule has 1 N–H and O–H groups in total. The Morgan fingerprint density at radius 2 is 2.00 bits per heavy atom. The summed E-state index contributed by atoms with van der Waals surface area (Å²) < 4.78 is 15.4. The van der Waals surface area contributed by atoms with Crippen molar-refractivity contribution in [1.82, 2.24) is 14.5 Å². The molecule has 0 saturated carbocycles. The number of halogens is 1. The zero-order valence-corrected chi connectivity index (χ0v) is 14.5. The number of β-amino-alcohol motifs (C(OH)–C–C–N with tert-alkyl or cyclic N) is 1. The molecule has 2 aromatic heterocycles. The number of alkyl halides is 1. The first-order valence-electron chi connectivity index (χ1n) is 8.67. The van der Waals surface area contributed by atoms with Gasteiger partial charge in [0.15, 0.2) is 0 Å². The Balaban J connectivity index is 1.74. The summed E-state index contributed by atoms with van der Waals surface area (Å²) in [6, 6.07) is 13.7. The second-order valence-corrected chi connectivity index (χ2v) is 6.71. The van der Waals surface area contributed by atoms with E-state index in [4.69, 9.17) is 4.98 Å². The van der Waals surface area contributed by atoms with E-state index >= 15 is 0 Å². The third-order valence-electron chi connectivity index (χ3n) is 4.92. The van der Waals surface area contributed by atoms with Crippen molar-refractivity contribution in [1.29, 1.82) is 0 Å². The summed E-state index contributed by atoms with van der Waals surface area (Å²) in [7, 11) is 1.87. The first kappa shape index (κ1) is 16.7. The Morgan fingerprint density at radius 1 is 1.23 bits per heavy atom. The molecule has 1 aliphatic heterocycles. The van der Waals surface area contributed by atoms with E-state index in [0.717, 1.165) is 16.8 Å². The number of aromatic nitrogens is 2. The van der Waals surface area contributed by atoms with Gasteiger partial charge in [-0.15, -0.1) is 0 Å². The zero-order chi connectivity index (χ0) is 18.3. The van der Waals surface area contributed by atoms with Crippen molar-refractivity contribution in [2.75, 3.05) is 13.1 Å². The van der Waals surface area contributed by atoms with Crippen LogP contribution >= 0.6 is 0 Å². The fourth-order valence-electron chi connectivity index (χ4n) is 3.44. The van der Waals surface area contributed by atoms with Crippen LogP contribution in [0.4, 0.5) is 4.39 Å². The Hall–Kier alpha value is -2.73. The molecule has 0 bridgehead atoms. The molecular weight excluding hydrogens is 333 g/mol. The fourth-order valence-corrected chi connectivity index (χ4v) is 3.44. The molecule has 1 aliphatic rings. The van der Waals surface area contributed by atoms with Crippen molar-refractivity contribution in [3.05, 3.63) is 54.2 Å². The normalized spacial score (nSPS) is 20.5. The Morgan fingerprint density at radius 3 is 2.73 bits per heavy atom. The van der Waals surface area contributed by atoms with Crippen LogP contribution in [-0.2, 0) is 7.05 Å². The van der Waals surface area contributed by atoms with Crippen LogP contribution in [0.3, 0.4) is 0 Å². The van der Waals surface area contributed by atoms with Crippen molar-refractivity contribution < 1.29 is 14.3 Å². The van der Waals surface area contributed by atoms with Gasteiger partial charge in [0.2, 0.25) is 0 Å². The highest BCUT2D eigenvalue weighted by atomic mass is 19.1. The number of carbonyl (C=O) groups excluding carboxylic acids is 1. The van der Waals surface area contributed by atoms with E-state index in [-0.39, 0.29) is 18.9 Å². The number of amides is 1. The maximum atomic E-state index is 13.5. The highest BCUT2D eigenvalue weighted by molar-refractivity contribution is 6.05. The van der Waals surface area contributed by atoms with Gasteiger partial charge < -0.3 is 14.6 Å². The van der Waals surface area contributed by atoms with Crippen LogP contribution < -0.4 is 0 Å². The van der Waals surface area contributed by atoms with Crippen molar-refractivity contribution in [3.63, 3.8) is 0 Å². The van der Waals surface area contributed by atoms with Gasteiger partial charge in [-0.05, 0) is 18.6 Å². The number of piperidine rings is 1. The summed E-state index contributed by atoms with van der Waals surface area (Å²) in [4.78, 5) is 19.2. The number of nitrogens with zero attached hydrogens (tertiary/aromatic N) is 3. The number of benzene rings is 1. The molecule has 26 heavy (non-hydrogen) atoms. The average molecular weight is 353 g/mol. The minimum Gasteiger partial charge on any atom is -0.388 e. The number of hydrogen-bond donors (Lipinski definition) is 1. The van der Waals surface area contributed by atoms with E-state index in [0.29, 0.717) is 17.6 Å². The summed E-state index contributed by atoms with van der Waals surface area (Å²) in [5.41, 5.74) is 3.72. The van der Waals surface area contributed by atoms with E-state index in [1.54, 1.807) is 6.20 Å². The predicted molar refractivity (Wildman–Crippen MR) is 97.6 cm³/mol. The van der Waals surface area contributed by atoms with Gasteiger partial charge in [-0.1, -0.05) is 30.3 Å². The van der Waals surface area contributed by atoms with Gasteiger partial charge in [-0.25, -0.2) is 9.37 Å². The minimum absolute atomic E-state index is 0.00869. The zero-order valence-electron chi connectivity index (χ0n) is 14.5. The molecule has 1 saturated heterocycles. The maximum Gasteiger partial charge on any atom is 0.257 e. The molecule has 5 nitrogen and oxygen atoms in total. The minimum atomic E-state index is -1.27. The van der Waals surface area contributed by atoms with Crippen LogP contribution in [0, 0.1) is 0 Å². The van der Waals surface area contributed by atoms with Crippen LogP contribution in [0.1, 0.15) is 16.8 Å². The smallest absolute Gasteiger partial charge is 0.257 e. The summed E-state index contributed by atoms with van der Waals surface area (Å²) in [6.45, 7) is 0.306. The number of rotatable bonds is 2. The van der Waals surface area contributed by atoms with Crippen molar-refractivity contribution in [2.24, 2.45) is 7.05 Å². The van der Waals surface area contributed by atoms with Gasteiger partial charge in [0.1, 0.15) is 17.8 Å². The molecule has 1 fully saturated rings. The summed E-state index contributed by atoms with van der Waals surface area (Å²) in [6.07, 6.45) is -0.492. The predicted octanol–water partition coefficient (Wildman–Crippen LogP) is 2.79. The fraction of sp³-hybridized carbons (Fsp3) is 0.300. The molecule has 0 unspecified atom stereocenters. The van der Waals surface area contributed by atoms with Crippen molar-refractivity contribution in [3.8, 4) is 11.3 Å². The lowest BCUT2D eigenvalue weighted by Gasteiger charge is -2.32. The quantitative estimate of drug-likeness (QED) is 0.771. The lowest BCUT2D eigenvalue weighted by atomic mass is 10.1. The van der Waals surface area contributed by atoms with E-state index in [1.165, 1.54) is 4.90 Å². The topological polar surface area (TPSA) is 58.4 Å². The molecule has 0 spiro atoms. The maximum absolute atomic E-state index is 13.5. The molecule has 0 radical (unpaired) electrons. The summed E-state index contributed by atoms with van der Waals surface area (Å²) in [5.74, 6) is -0.223. The SMILES string of the molecule is Cn1cc(C(=O)N2CC[C@@H](F)[C@H](O)C2)c2nc(-c3ccccc3)ccc21. The molecule has 4 rings (SSSR count). The number of likely N-dealkylation sites (tertiary alicyclic amines) is 1. The standard InChI is InChI=1S/C20H20FN3O2/c1-23-11-14(20(26)24-10-9-15(21)18(25)12-24)19-17(23)8-7-16(22-19)13-5-3-2-4-6-13/h2-8,11,15,18,25H,9-10,12H2,1H3/t15-,18-/m1/s1. The van der Waals surface area contributed by atoms with Crippen LogP contribution in [-0.4, -0.2) is 50.8 Å². The van der Waals surface area contributed by atoms with Gasteiger partial charge in [0.25, 0.3) is 5.91 Å². The molecule has 1 amide bonds. The van der Waals surface area contributed by atoms with Gasteiger partial charge in [-0.3, -0.25) is 4.79 Å². The number of aliphatic hydroxyl groups is 1. The van der Waals surface area contributed by atoms with Gasteiger partial charge in [0.05, 0.1) is 16.8 Å². The van der Waals surface area contributed by atoms with Crippen LogP contribution in [0.15, 0.2) is 48.7 Å². The number of pyridine rings is 1. The lowest BCUT2D eigenvalue weighted by molar-refractivity contribution is 0.00587. The largest absolute Gasteiger partial charge is 0.388 e. The number of aryl methyl sites for hydroxylation is 1. The second kappa shape index (κ2) is 6.53. The Labute approximate surface area is 150 Å². The molecular formula is C20H20FN3O2. The number of carbonyl (C=O) groups is 1. The molecule has 6 heteroatoms. The number of hydrogen-bond acceptors (Lipinski definition) is 3. The first-order chi connectivity index (χ1) is 12.5. The first-order valence-corrected chi connectivity index (χ1v) is 8.67. The van der Waals surface area contributed by atoms with Gasteiger partial charge in [-0.2, -0.15) is 0 Å². The van der Waals surface area contributed by atoms with E-state index < -0.39 is 12.3 Å². The molecule has 0 aliphatic carbocycles. The molecule has 3 heterocycles. The molecule has 2 atom stereocenters. The van der Waals surface area contributed by atoms with Crippen LogP contribution in [0.25, 0.3) is 22.3 Å². The third-order valence-corrected chi connectivity index (χ3v) is 4.92. The van der Waals surface area contributed by atoms with Crippen molar-refractivity contribution >= 4 is 16.9 Å². The molecule has 1 aromatic carbocycles. The summed E-state index contributed by atoms with van der Waals surface area (Å²) in [5, 5.41) is 9.77. The third kappa shape index (κ3) is 2.86. The molecule has 134 valence electrons. The van der Waals surface area contributed by atoms with E-state index in [2.05, 4.69) is 0 Å². The Kier molecular flexibility index (Phi) is 4.20. The molecule has 3 aromatic rings. The second-order valence-electron chi connectivity index (χ2n) is 6.71. The van der Waals surface area contributed by atoms with Gasteiger partial charge in [0, 0.05) is 31.9 Å². The highest BCUT2D eigenvalue weighted by Crippen LogP contribution is 2.26. The average Bonchev–Trinajstić information content (AvgIpc) is 3.00. The monoisotopic (exact) mass is 353 g/mol. The Bertz CT molecular complexity index is 954. The van der Waals surface area contributed by atoms with Crippen LogP contribution in [0.2, 0.25) is 0 Å². The lowest BCUT2D eigenvalue weighted by Crippen LogP contribution is -2.47. The highest BCUT2D eigenvalue weighted by Gasteiger charge is 2.31. The van der Waals surface area contributed by atoms with Gasteiger partial charge >= 0.3 is 0 Å². The number of fused-ring (bicyclic) bond motifs is 1. The van der Waals surface area contributed by atoms with Crippen molar-refractivity contribution in [2.45, 2.75) is 18.7 Å². The van der Waals surface area contributed by atoms with E-state index in [1.807, 2.05) is 54.1 Å². The number of aliphatic hydroxyl groups excluding tert-OH is 1. The summed E-state index contributed by atoms with van der Waals surface area (Å²) >= 11 is 0. The van der Waals surface area contributed by atoms with Crippen LogP contribution in [0.5, 0.6) is 0 Å².